The molecule has 1 saturated carbocycles. The van der Waals surface area contributed by atoms with E-state index >= 15 is 0 Å². The fourth-order valence-corrected chi connectivity index (χ4v) is 3.13. The first-order valence-electron chi connectivity index (χ1n) is 6.90. The standard InChI is InChI=1S/C13H19N3O3/c17-11-8-10(14-15-11)12(18)16-6-7-19-13(9-16)4-2-1-3-5-13/h8H,1-7,9H2,(H2,14,15,17). The molecular formula is C13H19N3O3. The Kier molecular flexibility index (Phi) is 3.18. The molecule has 1 aliphatic heterocycles. The van der Waals surface area contributed by atoms with E-state index in [0.29, 0.717) is 25.4 Å². The van der Waals surface area contributed by atoms with Crippen molar-refractivity contribution in [2.24, 2.45) is 0 Å². The number of hydrogen-bond donors (Lipinski definition) is 2. The van der Waals surface area contributed by atoms with Crippen LogP contribution in [0.5, 0.6) is 0 Å². The maximum absolute atomic E-state index is 12.3. The van der Waals surface area contributed by atoms with Gasteiger partial charge in [0.25, 0.3) is 11.5 Å². The van der Waals surface area contributed by atoms with Gasteiger partial charge in [0.05, 0.1) is 18.8 Å². The van der Waals surface area contributed by atoms with Gasteiger partial charge in [-0.2, -0.15) is 0 Å². The minimum atomic E-state index is -0.274. The summed E-state index contributed by atoms with van der Waals surface area (Å²) in [6, 6.07) is 1.31. The lowest BCUT2D eigenvalue weighted by atomic mass is 9.83. The van der Waals surface area contributed by atoms with Crippen molar-refractivity contribution in [3.05, 3.63) is 22.1 Å². The molecule has 1 aromatic heterocycles. The molecule has 2 N–H and O–H groups in total. The molecule has 2 heterocycles. The van der Waals surface area contributed by atoms with Crippen molar-refractivity contribution in [3.63, 3.8) is 0 Å². The Morgan fingerprint density at radius 1 is 1.26 bits per heavy atom. The minimum absolute atomic E-state index is 0.119. The molecule has 2 fully saturated rings. The molecule has 3 rings (SSSR count). The smallest absolute Gasteiger partial charge is 0.272 e. The van der Waals surface area contributed by atoms with Crippen molar-refractivity contribution in [3.8, 4) is 0 Å². The van der Waals surface area contributed by atoms with E-state index < -0.39 is 0 Å². The molecule has 1 spiro atoms. The van der Waals surface area contributed by atoms with Gasteiger partial charge in [0, 0.05) is 12.6 Å². The summed E-state index contributed by atoms with van der Waals surface area (Å²) in [6.45, 7) is 1.81. The third kappa shape index (κ3) is 2.45. The molecule has 0 atom stereocenters. The van der Waals surface area contributed by atoms with Crippen molar-refractivity contribution in [2.45, 2.75) is 37.7 Å². The fourth-order valence-electron chi connectivity index (χ4n) is 3.13. The molecule has 6 heteroatoms. The summed E-state index contributed by atoms with van der Waals surface area (Å²) in [6.07, 6.45) is 5.65. The highest BCUT2D eigenvalue weighted by atomic mass is 16.5. The quantitative estimate of drug-likeness (QED) is 0.791. The number of aromatic amines is 2. The number of morpholine rings is 1. The number of aromatic nitrogens is 2. The Bertz CT molecular complexity index is 508. The van der Waals surface area contributed by atoms with Gasteiger partial charge >= 0.3 is 0 Å². The number of nitrogens with one attached hydrogen (secondary N) is 2. The molecular weight excluding hydrogens is 246 g/mol. The largest absolute Gasteiger partial charge is 0.371 e. The van der Waals surface area contributed by atoms with Gasteiger partial charge in [-0.1, -0.05) is 19.3 Å². The second kappa shape index (κ2) is 4.85. The van der Waals surface area contributed by atoms with E-state index in [1.165, 1.54) is 25.3 Å². The number of ether oxygens (including phenoxy) is 1. The first kappa shape index (κ1) is 12.5. The Balaban J connectivity index is 1.74. The average Bonchev–Trinajstić information content (AvgIpc) is 2.85. The molecule has 1 aliphatic carbocycles. The summed E-state index contributed by atoms with van der Waals surface area (Å²) in [4.78, 5) is 25.2. The van der Waals surface area contributed by atoms with Crippen molar-refractivity contribution in [2.75, 3.05) is 19.7 Å². The molecule has 1 saturated heterocycles. The molecule has 104 valence electrons. The Morgan fingerprint density at radius 2 is 2.05 bits per heavy atom. The van der Waals surface area contributed by atoms with Crippen LogP contribution < -0.4 is 5.56 Å². The first-order chi connectivity index (χ1) is 9.19. The predicted octanol–water partition coefficient (Wildman–Crippen LogP) is 0.878. The van der Waals surface area contributed by atoms with Crippen LogP contribution in [-0.2, 0) is 4.74 Å². The monoisotopic (exact) mass is 265 g/mol. The number of carbonyl (C=O) groups excluding carboxylic acids is 1. The summed E-state index contributed by atoms with van der Waals surface area (Å²) in [5.41, 5.74) is -0.0928. The van der Waals surface area contributed by atoms with Gasteiger partial charge in [-0.25, -0.2) is 0 Å². The molecule has 0 radical (unpaired) electrons. The minimum Gasteiger partial charge on any atom is -0.371 e. The van der Waals surface area contributed by atoms with Gasteiger partial charge in [-0.15, -0.1) is 0 Å². The van der Waals surface area contributed by atoms with Gasteiger partial charge in [0.15, 0.2) is 0 Å². The van der Waals surface area contributed by atoms with Gasteiger partial charge in [0.1, 0.15) is 5.69 Å². The van der Waals surface area contributed by atoms with Crippen molar-refractivity contribution >= 4 is 5.91 Å². The Labute approximate surface area is 111 Å². The average molecular weight is 265 g/mol. The second-order valence-corrected chi connectivity index (χ2v) is 5.49. The van der Waals surface area contributed by atoms with Crippen LogP contribution in [0, 0.1) is 0 Å². The van der Waals surface area contributed by atoms with Crippen LogP contribution in [0.1, 0.15) is 42.6 Å². The third-order valence-electron chi connectivity index (χ3n) is 4.13. The van der Waals surface area contributed by atoms with Crippen molar-refractivity contribution < 1.29 is 9.53 Å². The highest BCUT2D eigenvalue weighted by Crippen LogP contribution is 2.34. The summed E-state index contributed by atoms with van der Waals surface area (Å²) in [7, 11) is 0. The number of H-pyrrole nitrogens is 2. The van der Waals surface area contributed by atoms with E-state index in [1.54, 1.807) is 4.90 Å². The zero-order valence-corrected chi connectivity index (χ0v) is 10.9. The lowest BCUT2D eigenvalue weighted by Crippen LogP contribution is -2.54. The van der Waals surface area contributed by atoms with Crippen molar-refractivity contribution in [1.82, 2.24) is 15.1 Å². The number of hydrogen-bond acceptors (Lipinski definition) is 3. The first-order valence-corrected chi connectivity index (χ1v) is 6.90. The zero-order valence-electron chi connectivity index (χ0n) is 10.9. The lowest BCUT2D eigenvalue weighted by molar-refractivity contribution is -0.117. The van der Waals surface area contributed by atoms with Gasteiger partial charge in [0.2, 0.25) is 0 Å². The molecule has 2 aliphatic rings. The molecule has 1 aromatic rings. The Hall–Kier alpha value is -1.56. The Morgan fingerprint density at radius 3 is 2.74 bits per heavy atom. The highest BCUT2D eigenvalue weighted by Gasteiger charge is 2.39. The molecule has 0 unspecified atom stereocenters. The summed E-state index contributed by atoms with van der Waals surface area (Å²) in [5, 5.41) is 5.02. The second-order valence-electron chi connectivity index (χ2n) is 5.49. The van der Waals surface area contributed by atoms with Crippen LogP contribution in [0.15, 0.2) is 10.9 Å². The van der Waals surface area contributed by atoms with Gasteiger partial charge in [-0.3, -0.25) is 19.8 Å². The van der Waals surface area contributed by atoms with Gasteiger partial charge < -0.3 is 9.64 Å². The maximum Gasteiger partial charge on any atom is 0.272 e. The number of nitrogens with zero attached hydrogens (tertiary/aromatic N) is 1. The summed E-state index contributed by atoms with van der Waals surface area (Å²) < 4.78 is 5.95. The van der Waals surface area contributed by atoms with E-state index in [4.69, 9.17) is 4.74 Å². The fraction of sp³-hybridized carbons (Fsp3) is 0.692. The zero-order chi connectivity index (χ0) is 13.3. The molecule has 1 amide bonds. The topological polar surface area (TPSA) is 78.2 Å². The van der Waals surface area contributed by atoms with Crippen LogP contribution in [0.3, 0.4) is 0 Å². The van der Waals surface area contributed by atoms with E-state index in [0.717, 1.165) is 12.8 Å². The van der Waals surface area contributed by atoms with Crippen LogP contribution >= 0.6 is 0 Å². The predicted molar refractivity (Wildman–Crippen MR) is 69.1 cm³/mol. The van der Waals surface area contributed by atoms with Crippen LogP contribution in [0.2, 0.25) is 0 Å². The lowest BCUT2D eigenvalue weighted by Gasteiger charge is -2.44. The van der Waals surface area contributed by atoms with Crippen molar-refractivity contribution in [1.29, 1.82) is 0 Å². The van der Waals surface area contributed by atoms with Crippen LogP contribution in [0.25, 0.3) is 0 Å². The number of carbonyl (C=O) groups is 1. The molecule has 6 nitrogen and oxygen atoms in total. The summed E-state index contributed by atoms with van der Waals surface area (Å²) >= 11 is 0. The molecule has 0 aromatic carbocycles. The SMILES string of the molecule is O=C(c1cc(=O)[nH][nH]1)N1CCOC2(CCCCC2)C1. The molecule has 19 heavy (non-hydrogen) atoms. The van der Waals surface area contributed by atoms with E-state index in [2.05, 4.69) is 10.2 Å². The number of rotatable bonds is 1. The molecule has 0 bridgehead atoms. The highest BCUT2D eigenvalue weighted by molar-refractivity contribution is 5.92. The number of amides is 1. The van der Waals surface area contributed by atoms with Crippen LogP contribution in [0.4, 0.5) is 0 Å². The summed E-state index contributed by atoms with van der Waals surface area (Å²) in [5.74, 6) is -0.119. The van der Waals surface area contributed by atoms with E-state index in [9.17, 15) is 9.59 Å². The van der Waals surface area contributed by atoms with Crippen LogP contribution in [-0.4, -0.2) is 46.3 Å². The maximum atomic E-state index is 12.3. The normalized spacial score (nSPS) is 22.6. The third-order valence-corrected chi connectivity index (χ3v) is 4.13. The van der Waals surface area contributed by atoms with E-state index in [1.807, 2.05) is 0 Å². The van der Waals surface area contributed by atoms with E-state index in [-0.39, 0.29) is 17.1 Å². The van der Waals surface area contributed by atoms with Gasteiger partial charge in [-0.05, 0) is 12.8 Å².